The molecule has 0 radical (unpaired) electrons. The summed E-state index contributed by atoms with van der Waals surface area (Å²) < 4.78 is 22.4. The van der Waals surface area contributed by atoms with E-state index < -0.39 is 0 Å². The Labute approximate surface area is 596 Å². The van der Waals surface area contributed by atoms with Gasteiger partial charge in [0.1, 0.15) is 22.3 Å². The molecule has 0 aliphatic carbocycles. The van der Waals surface area contributed by atoms with Crippen LogP contribution in [0.2, 0.25) is 0 Å². The van der Waals surface area contributed by atoms with E-state index in [1.165, 1.54) is 154 Å². The summed E-state index contributed by atoms with van der Waals surface area (Å²) in [4.78, 5) is 0. The van der Waals surface area contributed by atoms with Gasteiger partial charge in [-0.2, -0.15) is 0 Å². The normalized spacial score (nSPS) is 12.0. The van der Waals surface area contributed by atoms with Gasteiger partial charge in [0, 0.05) is 65.2 Å². The molecule has 0 aliphatic heterocycles. The lowest BCUT2D eigenvalue weighted by Gasteiger charge is -2.11. The van der Waals surface area contributed by atoms with Gasteiger partial charge in [0.05, 0.1) is 66.3 Å². The molecule has 23 aromatic rings. The maximum Gasteiger partial charge on any atom is 0.137 e. The van der Waals surface area contributed by atoms with Crippen molar-refractivity contribution in [2.45, 2.75) is 0 Å². The van der Waals surface area contributed by atoms with Crippen molar-refractivity contribution in [2.24, 2.45) is 0 Å². The molecule has 0 amide bonds. The monoisotopic (exact) mass is 1320 g/mol. The number of fused-ring (bicyclic) bond motifs is 20. The average molecular weight is 1330 g/mol. The van der Waals surface area contributed by atoms with E-state index in [0.717, 1.165) is 55.3 Å². The molecule has 23 rings (SSSR count). The molecular weight excluding hydrogens is 1270 g/mol. The molecule has 0 aliphatic rings. The Morgan fingerprint density at radius 1 is 0.163 bits per heavy atom. The van der Waals surface area contributed by atoms with Crippen molar-refractivity contribution < 1.29 is 8.83 Å². The summed E-state index contributed by atoms with van der Waals surface area (Å²) in [6.45, 7) is 0. The first-order valence-electron chi connectivity index (χ1n) is 35.6. The van der Waals surface area contributed by atoms with Crippen LogP contribution in [0.1, 0.15) is 0 Å². The fraction of sp³-hybridized carbons (Fsp3) is 0. The summed E-state index contributed by atoms with van der Waals surface area (Å²) >= 11 is 0. The third-order valence-corrected chi connectivity index (χ3v) is 21.8. The van der Waals surface area contributed by atoms with Crippen molar-refractivity contribution in [3.05, 3.63) is 364 Å². The predicted octanol–water partition coefficient (Wildman–Crippen LogP) is 26.9. The zero-order valence-electron chi connectivity index (χ0n) is 56.2. The zero-order chi connectivity index (χ0) is 68.1. The van der Waals surface area contributed by atoms with E-state index >= 15 is 0 Å². The number of rotatable bonds is 7. The first kappa shape index (κ1) is 57.9. The smallest absolute Gasteiger partial charge is 0.137 e. The second-order valence-electron chi connectivity index (χ2n) is 27.5. The highest BCUT2D eigenvalue weighted by molar-refractivity contribution is 6.19. The predicted molar refractivity (Wildman–Crippen MR) is 436 cm³/mol. The van der Waals surface area contributed by atoms with E-state index in [4.69, 9.17) is 8.83 Å². The van der Waals surface area contributed by atoms with Gasteiger partial charge in [-0.1, -0.05) is 224 Å². The topological polar surface area (TPSA) is 46.0 Å². The van der Waals surface area contributed by atoms with E-state index in [1.807, 2.05) is 12.1 Å². The molecule has 0 fully saturated rings. The van der Waals surface area contributed by atoms with Crippen molar-refractivity contribution in [3.8, 4) is 56.1 Å². The number of para-hydroxylation sites is 5. The highest BCUT2D eigenvalue weighted by atomic mass is 16.3. The summed E-state index contributed by atoms with van der Waals surface area (Å²) in [5.41, 5.74) is 24.9. The minimum Gasteiger partial charge on any atom is -0.456 e. The molecule has 0 spiro atoms. The molecule has 0 N–H and O–H groups in total. The number of hydrogen-bond acceptors (Lipinski definition) is 2. The lowest BCUT2D eigenvalue weighted by molar-refractivity contribution is 0.668. The lowest BCUT2D eigenvalue weighted by Crippen LogP contribution is -1.94. The average Bonchev–Trinajstić information content (AvgIpc) is 1.59. The van der Waals surface area contributed by atoms with E-state index in [1.54, 1.807) is 0 Å². The quantitative estimate of drug-likeness (QED) is 0.160. The summed E-state index contributed by atoms with van der Waals surface area (Å²) in [6, 6.07) is 132. The van der Waals surface area contributed by atoms with Crippen LogP contribution in [0.3, 0.4) is 0 Å². The molecule has 484 valence electrons. The summed E-state index contributed by atoms with van der Waals surface area (Å²) in [7, 11) is 0. The molecule has 0 saturated heterocycles. The minimum atomic E-state index is 0.886. The molecule has 6 nitrogen and oxygen atoms in total. The Balaban J connectivity index is 0.000000132. The van der Waals surface area contributed by atoms with Crippen LogP contribution in [-0.2, 0) is 0 Å². The van der Waals surface area contributed by atoms with Crippen LogP contribution in [0.15, 0.2) is 373 Å². The van der Waals surface area contributed by atoms with Crippen molar-refractivity contribution >= 4 is 153 Å². The van der Waals surface area contributed by atoms with E-state index in [0.29, 0.717) is 0 Å². The van der Waals surface area contributed by atoms with Gasteiger partial charge in [-0.05, 0) is 194 Å². The van der Waals surface area contributed by atoms with Crippen LogP contribution in [0.5, 0.6) is 0 Å². The third kappa shape index (κ3) is 8.89. The summed E-state index contributed by atoms with van der Waals surface area (Å²) in [5, 5.41) is 19.4. The van der Waals surface area contributed by atoms with Crippen LogP contribution in [0.4, 0.5) is 0 Å². The van der Waals surface area contributed by atoms with Crippen molar-refractivity contribution in [1.82, 2.24) is 18.3 Å². The van der Waals surface area contributed by atoms with Gasteiger partial charge >= 0.3 is 0 Å². The number of hydrogen-bond donors (Lipinski definition) is 0. The van der Waals surface area contributed by atoms with Gasteiger partial charge in [-0.3, -0.25) is 0 Å². The Kier molecular flexibility index (Phi) is 12.7. The molecule has 104 heavy (non-hydrogen) atoms. The fourth-order valence-electron chi connectivity index (χ4n) is 17.1. The SMILES string of the molecule is c1ccc(-c2ccc3oc4cccc(-n5c6ccccc6c6cc(-c7ccc8c(c7)c7ccccc7n8-c7ccc8ccccc8c7)ccc65)c4c3c2)cc1.c1ccc2cc(-n3c4ccccc4c4cc(-c5ccc6c(c5)c5ccccc5n6-c5cccc6oc7ccccc7c56)ccc43)ccc2c1. The summed E-state index contributed by atoms with van der Waals surface area (Å²) in [6.07, 6.45) is 0. The molecule has 0 bridgehead atoms. The first-order valence-corrected chi connectivity index (χ1v) is 35.6. The Morgan fingerprint density at radius 2 is 0.481 bits per heavy atom. The van der Waals surface area contributed by atoms with Crippen molar-refractivity contribution in [1.29, 1.82) is 0 Å². The van der Waals surface area contributed by atoms with Crippen molar-refractivity contribution in [3.63, 3.8) is 0 Å². The highest BCUT2D eigenvalue weighted by Gasteiger charge is 2.23. The number of benzene rings is 17. The molecule has 6 heterocycles. The van der Waals surface area contributed by atoms with E-state index in [-0.39, 0.29) is 0 Å². The van der Waals surface area contributed by atoms with Gasteiger partial charge in [-0.15, -0.1) is 0 Å². The van der Waals surface area contributed by atoms with E-state index in [9.17, 15) is 0 Å². The molecule has 6 heteroatoms. The Morgan fingerprint density at radius 3 is 0.942 bits per heavy atom. The van der Waals surface area contributed by atoms with Gasteiger partial charge in [0.15, 0.2) is 0 Å². The largest absolute Gasteiger partial charge is 0.456 e. The van der Waals surface area contributed by atoms with E-state index in [2.05, 4.69) is 370 Å². The van der Waals surface area contributed by atoms with Gasteiger partial charge in [0.25, 0.3) is 0 Å². The van der Waals surface area contributed by atoms with Gasteiger partial charge in [-0.25, -0.2) is 0 Å². The fourth-order valence-corrected chi connectivity index (χ4v) is 17.1. The van der Waals surface area contributed by atoms with Crippen molar-refractivity contribution in [2.75, 3.05) is 0 Å². The van der Waals surface area contributed by atoms with Crippen LogP contribution in [-0.4, -0.2) is 18.3 Å². The second kappa shape index (κ2) is 22.8. The number of furan rings is 2. The molecule has 17 aromatic carbocycles. The zero-order valence-corrected chi connectivity index (χ0v) is 56.2. The second-order valence-corrected chi connectivity index (χ2v) is 27.5. The summed E-state index contributed by atoms with van der Waals surface area (Å²) in [5.74, 6) is 0. The maximum absolute atomic E-state index is 6.48. The van der Waals surface area contributed by atoms with Gasteiger partial charge < -0.3 is 27.1 Å². The number of nitrogens with zero attached hydrogens (tertiary/aromatic N) is 4. The highest BCUT2D eigenvalue weighted by Crippen LogP contribution is 2.45. The molecule has 0 unspecified atom stereocenters. The standard InChI is InChI=1S/C52H32N2O.C46H28N2O/c1-2-11-33(12-3-1)36-24-28-50-44(32-36)52-49(19-10-20-51(52)55-50)54-46-18-9-7-16-41(46)43-31-38(23-27-48(43)54)37-22-26-47-42(30-37)40-15-6-8-17-45(40)53(47)39-25-21-34-13-4-5-14-35(34)29-39;1-2-11-30-26-33(23-20-29(30)10-1)47-39-15-6-3-12-34(39)37-27-31(21-24-41(37)47)32-22-25-42-38(28-32)35-13-4-7-16-40(35)48(42)43-17-9-19-45-46(43)36-14-5-8-18-44(36)49-45/h1-32H;1-28H. The lowest BCUT2D eigenvalue weighted by atomic mass is 10.0. The minimum absolute atomic E-state index is 0.886. The first-order chi connectivity index (χ1) is 51.6. The van der Waals surface area contributed by atoms with Crippen LogP contribution in [0, 0.1) is 0 Å². The molecule has 0 atom stereocenters. The maximum atomic E-state index is 6.48. The molecule has 0 saturated carbocycles. The van der Waals surface area contributed by atoms with Gasteiger partial charge in [0.2, 0.25) is 0 Å². The number of aromatic nitrogens is 4. The Hall–Kier alpha value is -13.9. The molecule has 6 aromatic heterocycles. The third-order valence-electron chi connectivity index (χ3n) is 21.8. The van der Waals surface area contributed by atoms with Crippen LogP contribution < -0.4 is 0 Å². The molecular formula is C98H60N4O2. The van der Waals surface area contributed by atoms with Crippen LogP contribution in [0.25, 0.3) is 209 Å². The van der Waals surface area contributed by atoms with Crippen LogP contribution >= 0.6 is 0 Å². The Bertz CT molecular complexity index is 7500.